The first kappa shape index (κ1) is 23.2. The fraction of sp³-hybridized carbons (Fsp3) is 0.773. The van der Waals surface area contributed by atoms with Crippen molar-refractivity contribution in [1.82, 2.24) is 25.7 Å². The number of hydrogen-bond acceptors (Lipinski definition) is 6. The lowest BCUT2D eigenvalue weighted by Crippen LogP contribution is -2.54. The number of aromatic nitrogens is 2. The third-order valence-electron chi connectivity index (χ3n) is 6.00. The number of amides is 4. The molecule has 2 fully saturated rings. The maximum absolute atomic E-state index is 13.2. The molecule has 9 nitrogen and oxygen atoms in total. The van der Waals surface area contributed by atoms with E-state index in [2.05, 4.69) is 41.5 Å². The fourth-order valence-corrected chi connectivity index (χ4v) is 5.02. The van der Waals surface area contributed by atoms with E-state index in [1.54, 1.807) is 13.8 Å². The standard InChI is InChI=1S/C22H35N5O4/c1-13-9-20(5,6)12-22(10-13)17(29)27(18(30)25-22)11-14(28)24-21(7,8)15-23-16(31-26-15)19(2,3)4/h13H,9-12H2,1-8H3,(H,24,28)(H,25,30)/t13-,22+/m1/s1. The van der Waals surface area contributed by atoms with Gasteiger partial charge in [-0.25, -0.2) is 4.79 Å². The van der Waals surface area contributed by atoms with Gasteiger partial charge in [0.2, 0.25) is 11.8 Å². The van der Waals surface area contributed by atoms with Gasteiger partial charge in [0.05, 0.1) is 5.54 Å². The third-order valence-corrected chi connectivity index (χ3v) is 6.00. The van der Waals surface area contributed by atoms with Gasteiger partial charge >= 0.3 is 6.03 Å². The second kappa shape index (κ2) is 7.31. The Labute approximate surface area is 183 Å². The molecule has 31 heavy (non-hydrogen) atoms. The van der Waals surface area contributed by atoms with E-state index in [9.17, 15) is 14.4 Å². The van der Waals surface area contributed by atoms with Gasteiger partial charge in [0, 0.05) is 5.41 Å². The summed E-state index contributed by atoms with van der Waals surface area (Å²) >= 11 is 0. The summed E-state index contributed by atoms with van der Waals surface area (Å²) in [5, 5.41) is 9.72. The molecule has 2 atom stereocenters. The average molecular weight is 434 g/mol. The average Bonchev–Trinajstić information content (AvgIpc) is 3.14. The van der Waals surface area contributed by atoms with Crippen molar-refractivity contribution < 1.29 is 18.9 Å². The Hall–Kier alpha value is -2.45. The molecule has 2 heterocycles. The lowest BCUT2D eigenvalue weighted by atomic mass is 9.64. The van der Waals surface area contributed by atoms with Crippen molar-refractivity contribution in [2.75, 3.05) is 6.54 Å². The van der Waals surface area contributed by atoms with Crippen LogP contribution in [0.15, 0.2) is 4.52 Å². The van der Waals surface area contributed by atoms with Crippen LogP contribution in [-0.4, -0.2) is 45.0 Å². The number of carbonyl (C=O) groups is 3. The first-order valence-electron chi connectivity index (χ1n) is 10.8. The van der Waals surface area contributed by atoms with Gasteiger partial charge in [-0.2, -0.15) is 4.98 Å². The molecule has 1 saturated carbocycles. The van der Waals surface area contributed by atoms with Crippen molar-refractivity contribution in [1.29, 1.82) is 0 Å². The monoisotopic (exact) mass is 433 g/mol. The summed E-state index contributed by atoms with van der Waals surface area (Å²) < 4.78 is 5.33. The molecule has 0 aromatic carbocycles. The van der Waals surface area contributed by atoms with Gasteiger partial charge in [-0.05, 0) is 44.4 Å². The Morgan fingerprint density at radius 3 is 2.42 bits per heavy atom. The van der Waals surface area contributed by atoms with E-state index in [1.807, 2.05) is 20.8 Å². The number of carbonyl (C=O) groups excluding carboxylic acids is 3. The molecule has 2 N–H and O–H groups in total. The smallest absolute Gasteiger partial charge is 0.325 e. The third kappa shape index (κ3) is 4.60. The second-order valence-corrected chi connectivity index (χ2v) is 11.6. The van der Waals surface area contributed by atoms with Crippen LogP contribution in [0.4, 0.5) is 4.79 Å². The van der Waals surface area contributed by atoms with Crippen LogP contribution < -0.4 is 10.6 Å². The summed E-state index contributed by atoms with van der Waals surface area (Å²) in [6.07, 6.45) is 2.15. The summed E-state index contributed by atoms with van der Waals surface area (Å²) in [5.41, 5.74) is -2.24. The predicted molar refractivity (Wildman–Crippen MR) is 114 cm³/mol. The highest BCUT2D eigenvalue weighted by atomic mass is 16.5. The minimum absolute atomic E-state index is 0.0652. The molecule has 0 unspecified atom stereocenters. The minimum atomic E-state index is -0.928. The lowest BCUT2D eigenvalue weighted by Gasteiger charge is -2.43. The molecule has 3 rings (SSSR count). The highest BCUT2D eigenvalue weighted by Crippen LogP contribution is 2.46. The normalized spacial score (nSPS) is 26.3. The number of hydrogen-bond donors (Lipinski definition) is 2. The largest absolute Gasteiger partial charge is 0.342 e. The zero-order valence-corrected chi connectivity index (χ0v) is 19.9. The van der Waals surface area contributed by atoms with Crippen LogP contribution in [0, 0.1) is 11.3 Å². The van der Waals surface area contributed by atoms with E-state index in [4.69, 9.17) is 4.52 Å². The Morgan fingerprint density at radius 1 is 1.23 bits per heavy atom. The van der Waals surface area contributed by atoms with Crippen molar-refractivity contribution in [3.8, 4) is 0 Å². The Balaban J connectivity index is 1.71. The van der Waals surface area contributed by atoms with Gasteiger partial charge in [0.1, 0.15) is 12.1 Å². The van der Waals surface area contributed by atoms with Gasteiger partial charge in [-0.15, -0.1) is 0 Å². The maximum Gasteiger partial charge on any atom is 0.325 e. The van der Waals surface area contributed by atoms with Crippen molar-refractivity contribution in [2.24, 2.45) is 11.3 Å². The van der Waals surface area contributed by atoms with Crippen molar-refractivity contribution in [3.05, 3.63) is 11.7 Å². The van der Waals surface area contributed by atoms with Gasteiger partial charge in [0.25, 0.3) is 5.91 Å². The highest BCUT2D eigenvalue weighted by Gasteiger charge is 2.56. The van der Waals surface area contributed by atoms with Crippen molar-refractivity contribution in [2.45, 2.75) is 91.1 Å². The molecule has 9 heteroatoms. The zero-order valence-electron chi connectivity index (χ0n) is 19.9. The Morgan fingerprint density at radius 2 is 1.87 bits per heavy atom. The highest BCUT2D eigenvalue weighted by molar-refractivity contribution is 6.09. The van der Waals surface area contributed by atoms with E-state index in [0.717, 1.165) is 11.3 Å². The summed E-state index contributed by atoms with van der Waals surface area (Å²) in [6.45, 7) is 15.3. The van der Waals surface area contributed by atoms with Gasteiger partial charge < -0.3 is 15.2 Å². The quantitative estimate of drug-likeness (QED) is 0.705. The van der Waals surface area contributed by atoms with E-state index in [1.165, 1.54) is 0 Å². The number of urea groups is 1. The van der Waals surface area contributed by atoms with Crippen LogP contribution in [0.3, 0.4) is 0 Å². The van der Waals surface area contributed by atoms with Crippen molar-refractivity contribution >= 4 is 17.8 Å². The minimum Gasteiger partial charge on any atom is -0.342 e. The maximum atomic E-state index is 13.2. The predicted octanol–water partition coefficient (Wildman–Crippen LogP) is 2.86. The molecule has 1 saturated heterocycles. The van der Waals surface area contributed by atoms with Crippen molar-refractivity contribution in [3.63, 3.8) is 0 Å². The van der Waals surface area contributed by atoms with Crippen LogP contribution in [0.1, 0.15) is 86.4 Å². The molecule has 1 aliphatic carbocycles. The Bertz CT molecular complexity index is 898. The zero-order chi connectivity index (χ0) is 23.4. The van der Waals surface area contributed by atoms with Gasteiger partial charge in [0.15, 0.2) is 5.82 Å². The molecular formula is C22H35N5O4. The van der Waals surface area contributed by atoms with Crippen LogP contribution in [0.25, 0.3) is 0 Å². The molecule has 1 aromatic rings. The molecule has 1 spiro atoms. The van der Waals surface area contributed by atoms with E-state index < -0.39 is 23.0 Å². The Kier molecular flexibility index (Phi) is 5.47. The topological polar surface area (TPSA) is 117 Å². The fourth-order valence-electron chi connectivity index (χ4n) is 5.02. The van der Waals surface area contributed by atoms with E-state index in [0.29, 0.717) is 30.5 Å². The van der Waals surface area contributed by atoms with Crippen LogP contribution in [0.5, 0.6) is 0 Å². The summed E-state index contributed by atoms with van der Waals surface area (Å²) in [7, 11) is 0. The van der Waals surface area contributed by atoms with Gasteiger partial charge in [-0.3, -0.25) is 14.5 Å². The molecular weight excluding hydrogens is 398 g/mol. The van der Waals surface area contributed by atoms with Crippen LogP contribution in [-0.2, 0) is 20.5 Å². The first-order chi connectivity index (χ1) is 14.0. The molecule has 2 aliphatic rings. The van der Waals surface area contributed by atoms with Crippen LogP contribution in [0.2, 0.25) is 0 Å². The van der Waals surface area contributed by atoms with Gasteiger partial charge in [-0.1, -0.05) is 46.7 Å². The van der Waals surface area contributed by atoms with E-state index in [-0.39, 0.29) is 23.3 Å². The SMILES string of the molecule is C[C@@H]1CC(C)(C)C[C@]2(C1)NC(=O)N(CC(=O)NC(C)(C)c1noc(C(C)(C)C)n1)C2=O. The molecule has 0 radical (unpaired) electrons. The van der Waals surface area contributed by atoms with E-state index >= 15 is 0 Å². The molecule has 1 aromatic heterocycles. The summed E-state index contributed by atoms with van der Waals surface area (Å²) in [5.74, 6) is 0.323. The molecule has 4 amide bonds. The summed E-state index contributed by atoms with van der Waals surface area (Å²) in [6, 6.07) is -0.516. The molecule has 172 valence electrons. The second-order valence-electron chi connectivity index (χ2n) is 11.6. The number of imide groups is 1. The number of nitrogens with one attached hydrogen (secondary N) is 2. The molecule has 0 bridgehead atoms. The number of rotatable bonds is 4. The molecule has 1 aliphatic heterocycles. The summed E-state index contributed by atoms with van der Waals surface area (Å²) in [4.78, 5) is 44.1. The number of nitrogens with zero attached hydrogens (tertiary/aromatic N) is 3. The van der Waals surface area contributed by atoms with Crippen LogP contribution >= 0.6 is 0 Å². The lowest BCUT2D eigenvalue weighted by molar-refractivity contribution is -0.138. The first-order valence-corrected chi connectivity index (χ1v) is 10.8.